The second-order valence-electron chi connectivity index (χ2n) is 8.40. The highest BCUT2D eigenvalue weighted by molar-refractivity contribution is 6.16. The fraction of sp³-hybridized carbons (Fsp3) is 0.107. The Bertz CT molecular complexity index is 1730. The van der Waals surface area contributed by atoms with Crippen molar-refractivity contribution in [3.8, 4) is 11.3 Å². The van der Waals surface area contributed by atoms with Crippen molar-refractivity contribution in [2.45, 2.75) is 19.8 Å². The molecular formula is C28H21FN4O2. The number of benzene rings is 3. The number of rotatable bonds is 5. The molecule has 3 aromatic carbocycles. The van der Waals surface area contributed by atoms with Gasteiger partial charge in [0.1, 0.15) is 11.6 Å². The highest BCUT2D eigenvalue weighted by Gasteiger charge is 2.19. The molecule has 0 aliphatic rings. The first-order chi connectivity index (χ1) is 17.1. The maximum absolute atomic E-state index is 14.0. The van der Waals surface area contributed by atoms with Gasteiger partial charge in [-0.25, -0.2) is 14.4 Å². The van der Waals surface area contributed by atoms with Crippen LogP contribution in [0.1, 0.15) is 18.1 Å². The molecule has 0 saturated carbocycles. The van der Waals surface area contributed by atoms with E-state index >= 15 is 0 Å². The van der Waals surface area contributed by atoms with Gasteiger partial charge in [-0.2, -0.15) is 0 Å². The van der Waals surface area contributed by atoms with Gasteiger partial charge in [0.05, 0.1) is 34.0 Å². The molecule has 0 fully saturated rings. The molecule has 0 aliphatic heterocycles. The van der Waals surface area contributed by atoms with E-state index in [9.17, 15) is 9.18 Å². The predicted molar refractivity (Wildman–Crippen MR) is 134 cm³/mol. The number of amides is 1. The number of hydrogen-bond donors (Lipinski definition) is 1. The molecule has 0 aliphatic carbocycles. The Morgan fingerprint density at radius 2 is 1.74 bits per heavy atom. The second kappa shape index (κ2) is 8.36. The largest absolute Gasteiger partial charge is 0.441 e. The number of aromatic nitrogens is 3. The molecule has 172 valence electrons. The van der Waals surface area contributed by atoms with Gasteiger partial charge in [-0.15, -0.1) is 0 Å². The lowest BCUT2D eigenvalue weighted by Crippen LogP contribution is -2.12. The number of carbonyl (C=O) groups excluding carboxylic acids is 1. The van der Waals surface area contributed by atoms with Crippen LogP contribution in [0.15, 0.2) is 83.4 Å². The summed E-state index contributed by atoms with van der Waals surface area (Å²) in [4.78, 5) is 22.0. The number of oxazole rings is 1. The fourth-order valence-electron chi connectivity index (χ4n) is 4.59. The van der Waals surface area contributed by atoms with Crippen molar-refractivity contribution in [2.75, 3.05) is 5.32 Å². The SMILES string of the molecule is Cc1nc2ccccc2c2c(NC(=O)CCc3ncc(-c4ccccc4F)o3)c3ccccc3n12. The summed E-state index contributed by atoms with van der Waals surface area (Å²) in [6.07, 6.45) is 1.96. The standard InChI is InChI=1S/C28H21FN4O2/c1-17-31-22-12-6-3-9-19(22)28-27(20-10-4-7-13-23(20)33(17)28)32-25(34)14-15-26-30-16-24(35-26)18-8-2-5-11-21(18)29/h2-13,16H,14-15H2,1H3,(H,32,34). The molecule has 35 heavy (non-hydrogen) atoms. The minimum absolute atomic E-state index is 0.160. The minimum Gasteiger partial charge on any atom is -0.441 e. The minimum atomic E-state index is -0.377. The Kier molecular flexibility index (Phi) is 5.03. The number of fused-ring (bicyclic) bond motifs is 5. The quantitative estimate of drug-likeness (QED) is 0.324. The molecule has 7 heteroatoms. The Morgan fingerprint density at radius 1 is 1.00 bits per heavy atom. The van der Waals surface area contributed by atoms with Gasteiger partial charge in [-0.3, -0.25) is 9.20 Å². The number of aryl methyl sites for hydroxylation is 2. The second-order valence-corrected chi connectivity index (χ2v) is 8.40. The summed E-state index contributed by atoms with van der Waals surface area (Å²) in [7, 11) is 0. The molecule has 0 spiro atoms. The van der Waals surface area contributed by atoms with Gasteiger partial charge in [0, 0.05) is 23.6 Å². The van der Waals surface area contributed by atoms with Gasteiger partial charge in [-0.1, -0.05) is 48.5 Å². The summed E-state index contributed by atoms with van der Waals surface area (Å²) >= 11 is 0. The Hall–Kier alpha value is -4.52. The van der Waals surface area contributed by atoms with E-state index in [0.29, 0.717) is 23.6 Å². The van der Waals surface area contributed by atoms with Crippen LogP contribution in [0.3, 0.4) is 0 Å². The van der Waals surface area contributed by atoms with Crippen LogP contribution in [-0.4, -0.2) is 20.3 Å². The third-order valence-electron chi connectivity index (χ3n) is 6.16. The van der Waals surface area contributed by atoms with Gasteiger partial charge in [0.15, 0.2) is 11.7 Å². The zero-order valence-electron chi connectivity index (χ0n) is 19.0. The van der Waals surface area contributed by atoms with Gasteiger partial charge in [0.2, 0.25) is 5.91 Å². The first-order valence-electron chi connectivity index (χ1n) is 11.4. The van der Waals surface area contributed by atoms with Crippen molar-refractivity contribution in [1.82, 2.24) is 14.4 Å². The Labute approximate surface area is 200 Å². The summed E-state index contributed by atoms with van der Waals surface area (Å²) in [5.74, 6) is 1.04. The van der Waals surface area contributed by atoms with E-state index in [-0.39, 0.29) is 18.1 Å². The van der Waals surface area contributed by atoms with Crippen molar-refractivity contribution in [2.24, 2.45) is 0 Å². The smallest absolute Gasteiger partial charge is 0.224 e. The van der Waals surface area contributed by atoms with Crippen LogP contribution in [0.25, 0.3) is 38.6 Å². The number of anilines is 1. The maximum atomic E-state index is 14.0. The van der Waals surface area contributed by atoms with E-state index in [1.54, 1.807) is 18.2 Å². The molecule has 3 heterocycles. The third kappa shape index (κ3) is 3.61. The predicted octanol–water partition coefficient (Wildman–Crippen LogP) is 6.31. The van der Waals surface area contributed by atoms with Crippen molar-refractivity contribution >= 4 is 38.9 Å². The lowest BCUT2D eigenvalue weighted by atomic mass is 10.1. The lowest BCUT2D eigenvalue weighted by Gasteiger charge is -2.09. The number of para-hydroxylation sites is 2. The van der Waals surface area contributed by atoms with Crippen LogP contribution < -0.4 is 5.32 Å². The van der Waals surface area contributed by atoms with Gasteiger partial charge >= 0.3 is 0 Å². The van der Waals surface area contributed by atoms with E-state index in [1.807, 2.05) is 55.5 Å². The normalized spacial score (nSPS) is 11.5. The first kappa shape index (κ1) is 21.0. The van der Waals surface area contributed by atoms with Crippen LogP contribution in [0, 0.1) is 12.7 Å². The van der Waals surface area contributed by atoms with Crippen LogP contribution in [0.4, 0.5) is 10.1 Å². The van der Waals surface area contributed by atoms with E-state index in [4.69, 9.17) is 9.40 Å². The molecule has 0 unspecified atom stereocenters. The number of halogens is 1. The molecule has 3 aromatic heterocycles. The highest BCUT2D eigenvalue weighted by Crippen LogP contribution is 2.36. The summed E-state index contributed by atoms with van der Waals surface area (Å²) in [5, 5.41) is 5.04. The molecule has 6 aromatic rings. The molecule has 0 radical (unpaired) electrons. The molecule has 6 rings (SSSR count). The third-order valence-corrected chi connectivity index (χ3v) is 6.16. The van der Waals surface area contributed by atoms with E-state index < -0.39 is 0 Å². The maximum Gasteiger partial charge on any atom is 0.224 e. The molecule has 1 N–H and O–H groups in total. The zero-order valence-corrected chi connectivity index (χ0v) is 19.0. The lowest BCUT2D eigenvalue weighted by molar-refractivity contribution is -0.116. The van der Waals surface area contributed by atoms with Crippen LogP contribution in [0.2, 0.25) is 0 Å². The molecule has 0 saturated heterocycles. The van der Waals surface area contributed by atoms with Crippen molar-refractivity contribution < 1.29 is 13.6 Å². The summed E-state index contributed by atoms with van der Waals surface area (Å²) in [6, 6.07) is 22.2. The average molecular weight is 465 g/mol. The van der Waals surface area contributed by atoms with Crippen molar-refractivity contribution in [3.63, 3.8) is 0 Å². The Morgan fingerprint density at radius 3 is 2.60 bits per heavy atom. The van der Waals surface area contributed by atoms with Crippen LogP contribution in [-0.2, 0) is 11.2 Å². The fourth-order valence-corrected chi connectivity index (χ4v) is 4.59. The molecule has 0 bridgehead atoms. The molecular weight excluding hydrogens is 443 g/mol. The number of nitrogens with one attached hydrogen (secondary N) is 1. The van der Waals surface area contributed by atoms with Crippen LogP contribution in [0.5, 0.6) is 0 Å². The zero-order chi connectivity index (χ0) is 23.9. The Balaban J connectivity index is 1.32. The topological polar surface area (TPSA) is 72.4 Å². The average Bonchev–Trinajstić information content (AvgIpc) is 3.47. The molecule has 6 nitrogen and oxygen atoms in total. The summed E-state index contributed by atoms with van der Waals surface area (Å²) < 4.78 is 21.8. The van der Waals surface area contributed by atoms with Crippen LogP contribution >= 0.6 is 0 Å². The molecule has 1 amide bonds. The van der Waals surface area contributed by atoms with E-state index in [2.05, 4.69) is 14.7 Å². The van der Waals surface area contributed by atoms with E-state index in [1.165, 1.54) is 12.3 Å². The summed E-state index contributed by atoms with van der Waals surface area (Å²) in [5.41, 5.74) is 3.87. The monoisotopic (exact) mass is 464 g/mol. The highest BCUT2D eigenvalue weighted by atomic mass is 19.1. The van der Waals surface area contributed by atoms with Gasteiger partial charge < -0.3 is 9.73 Å². The number of hydrogen-bond acceptors (Lipinski definition) is 4. The number of carbonyl (C=O) groups is 1. The van der Waals surface area contributed by atoms with Crippen molar-refractivity contribution in [1.29, 1.82) is 0 Å². The number of nitrogens with zero attached hydrogens (tertiary/aromatic N) is 3. The van der Waals surface area contributed by atoms with Gasteiger partial charge in [-0.05, 0) is 31.2 Å². The van der Waals surface area contributed by atoms with Gasteiger partial charge in [0.25, 0.3) is 0 Å². The first-order valence-corrected chi connectivity index (χ1v) is 11.4. The summed E-state index contributed by atoms with van der Waals surface area (Å²) in [6.45, 7) is 1.97. The molecule has 0 atom stereocenters. The van der Waals surface area contributed by atoms with Crippen molar-refractivity contribution in [3.05, 3.63) is 96.5 Å². The van der Waals surface area contributed by atoms with E-state index in [0.717, 1.165) is 38.8 Å².